The molecule has 9 aromatic carbocycles. The van der Waals surface area contributed by atoms with Crippen molar-refractivity contribution in [2.24, 2.45) is 0 Å². The van der Waals surface area contributed by atoms with Crippen LogP contribution in [-0.4, -0.2) is 59.5 Å². The molecule has 0 spiro atoms. The van der Waals surface area contributed by atoms with Gasteiger partial charge in [0.25, 0.3) is 0 Å². The van der Waals surface area contributed by atoms with E-state index in [1.807, 2.05) is 6.92 Å². The molecule has 0 atom stereocenters. The molecule has 0 amide bonds. The van der Waals surface area contributed by atoms with Crippen molar-refractivity contribution < 1.29 is 122 Å². The lowest BCUT2D eigenvalue weighted by Crippen LogP contribution is -2.01. The van der Waals surface area contributed by atoms with Gasteiger partial charge in [0.1, 0.15) is 33.0 Å². The van der Waals surface area contributed by atoms with Crippen molar-refractivity contribution in [3.8, 4) is 51.7 Å². The lowest BCUT2D eigenvalue weighted by Gasteiger charge is -2.08. The first-order chi connectivity index (χ1) is 61.5. The molecular formula is C102H122F18O9. The standard InChI is InChI=1S/3C13H18F2O.C12H16F2O.C11H12F2O.4C10H10F2O/c3*1-3-4-5-6-9-16-11-8-7-10(2)12(14)13(11)15;1-3-4-5-8-15-10-7-6-9(2)11(13)12(10)14;1-3-4-7-14-9-6-5-8(2)10(12)11(9)13;4*1-3-6-13-8-5-4-7(2)9(11)10(8)12/h3*7-8H,3-6,9H2,1-2H3;6-7H,3-5,8H2,1-2H3;3-6H,7H2,1-2H3;4*3-5H,1,6H2,2H3/b;;;;4-3-;;;;. The molecule has 0 aliphatic rings. The largest absolute Gasteiger partial charge is 0.490 e. The second kappa shape index (κ2) is 66.1. The molecule has 710 valence electrons. The number of allylic oxidation sites excluding steroid dienone is 1. The highest BCUT2D eigenvalue weighted by atomic mass is 19.2. The molecule has 0 saturated heterocycles. The summed E-state index contributed by atoms with van der Waals surface area (Å²) < 4.78 is 281. The monoisotopic (exact) mass is 1830 g/mol. The fourth-order valence-electron chi connectivity index (χ4n) is 10.2. The number of halogens is 18. The first-order valence-electron chi connectivity index (χ1n) is 42.2. The summed E-state index contributed by atoms with van der Waals surface area (Å²) >= 11 is 0. The van der Waals surface area contributed by atoms with Gasteiger partial charge in [-0.2, -0.15) is 39.5 Å². The summed E-state index contributed by atoms with van der Waals surface area (Å²) in [6, 6.07) is 26.4. The molecule has 0 saturated carbocycles. The molecule has 0 radical (unpaired) electrons. The summed E-state index contributed by atoms with van der Waals surface area (Å²) in [6.45, 7) is 40.2. The molecule has 0 aliphatic carbocycles. The number of ether oxygens (including phenoxy) is 9. The third-order valence-electron chi connectivity index (χ3n) is 17.9. The maximum Gasteiger partial charge on any atom is 0.200 e. The Morgan fingerprint density at radius 1 is 0.194 bits per heavy atom. The van der Waals surface area contributed by atoms with Crippen LogP contribution in [0, 0.1) is 167 Å². The SMILES string of the molecule is C/C=C\COc1ccc(C)c(F)c1F.C=CCOc1ccc(C)c(F)c1F.C=CCOc1ccc(C)c(F)c1F.C=CCOc1ccc(C)c(F)c1F.C=CCOc1ccc(C)c(F)c1F.CCCCCCOc1ccc(C)c(F)c1F.CCCCCCOc1ccc(C)c(F)c1F.CCCCCCOc1ccc(C)c(F)c1F.CCCCCOc1ccc(C)c(F)c1F. The number of hydrogen-bond donors (Lipinski definition) is 0. The molecule has 0 unspecified atom stereocenters. The first kappa shape index (κ1) is 116. The first-order valence-corrected chi connectivity index (χ1v) is 42.2. The van der Waals surface area contributed by atoms with Gasteiger partial charge < -0.3 is 42.6 Å². The second-order valence-electron chi connectivity index (χ2n) is 28.6. The fraction of sp³-hybridized carbons (Fsp3) is 0.373. The molecule has 0 heterocycles. The minimum atomic E-state index is -0.943. The molecule has 9 rings (SSSR count). The topological polar surface area (TPSA) is 83.1 Å². The van der Waals surface area contributed by atoms with E-state index in [4.69, 9.17) is 42.6 Å². The van der Waals surface area contributed by atoms with Gasteiger partial charge in [0.2, 0.25) is 52.4 Å². The van der Waals surface area contributed by atoms with Gasteiger partial charge in [0.05, 0.1) is 26.4 Å². The van der Waals surface area contributed by atoms with E-state index in [9.17, 15) is 79.0 Å². The Balaban J connectivity index is 0.000000727. The maximum absolute atomic E-state index is 13.3. The van der Waals surface area contributed by atoms with E-state index < -0.39 is 105 Å². The van der Waals surface area contributed by atoms with E-state index >= 15 is 0 Å². The van der Waals surface area contributed by atoms with Crippen LogP contribution >= 0.6 is 0 Å². The van der Waals surface area contributed by atoms with E-state index in [0.29, 0.717) is 48.7 Å². The summed E-state index contributed by atoms with van der Waals surface area (Å²) in [5, 5.41) is 0. The molecule has 9 aromatic rings. The minimum absolute atomic E-state index is 0.00852. The predicted octanol–water partition coefficient (Wildman–Crippen LogP) is 31.1. The van der Waals surface area contributed by atoms with E-state index in [1.165, 1.54) is 196 Å². The van der Waals surface area contributed by atoms with Gasteiger partial charge in [-0.3, -0.25) is 0 Å². The third kappa shape index (κ3) is 42.6. The predicted molar refractivity (Wildman–Crippen MR) is 477 cm³/mol. The van der Waals surface area contributed by atoms with Crippen molar-refractivity contribution in [1.82, 2.24) is 0 Å². The van der Waals surface area contributed by atoms with Crippen molar-refractivity contribution in [1.29, 1.82) is 0 Å². The Kier molecular flexibility index (Phi) is 59.2. The third-order valence-corrected chi connectivity index (χ3v) is 17.9. The van der Waals surface area contributed by atoms with Crippen LogP contribution in [0.5, 0.6) is 51.7 Å². The Hall–Kier alpha value is -11.4. The molecule has 0 aliphatic heterocycles. The zero-order valence-electron chi connectivity index (χ0n) is 76.1. The highest BCUT2D eigenvalue weighted by molar-refractivity contribution is 5.37. The van der Waals surface area contributed by atoms with Crippen LogP contribution in [0.25, 0.3) is 0 Å². The summed E-state index contributed by atoms with van der Waals surface area (Å²) in [4.78, 5) is 0. The van der Waals surface area contributed by atoms with Gasteiger partial charge in [0.15, 0.2) is 104 Å². The number of unbranched alkanes of at least 4 members (excludes halogenated alkanes) is 11. The zero-order valence-corrected chi connectivity index (χ0v) is 76.1. The van der Waals surface area contributed by atoms with E-state index in [2.05, 4.69) is 54.0 Å². The zero-order chi connectivity index (χ0) is 97.1. The van der Waals surface area contributed by atoms with E-state index in [-0.39, 0.29) is 113 Å². The second-order valence-corrected chi connectivity index (χ2v) is 28.6. The van der Waals surface area contributed by atoms with Crippen LogP contribution in [0.15, 0.2) is 172 Å². The van der Waals surface area contributed by atoms with Crippen molar-refractivity contribution in [3.63, 3.8) is 0 Å². The Bertz CT molecular complexity index is 4440. The summed E-state index contributed by atoms with van der Waals surface area (Å²) in [5.41, 5.74) is 2.55. The van der Waals surface area contributed by atoms with E-state index in [1.54, 1.807) is 12.2 Å². The molecule has 0 bridgehead atoms. The van der Waals surface area contributed by atoms with Crippen molar-refractivity contribution in [2.75, 3.05) is 59.5 Å². The lowest BCUT2D eigenvalue weighted by atomic mass is 10.2. The number of benzene rings is 9. The van der Waals surface area contributed by atoms with Crippen LogP contribution in [0.4, 0.5) is 79.0 Å². The summed E-state index contributed by atoms with van der Waals surface area (Å²) in [6.07, 6.45) is 25.1. The van der Waals surface area contributed by atoms with Gasteiger partial charge >= 0.3 is 0 Å². The van der Waals surface area contributed by atoms with Crippen LogP contribution in [0.3, 0.4) is 0 Å². The van der Waals surface area contributed by atoms with Crippen molar-refractivity contribution >= 4 is 0 Å². The molecule has 27 heteroatoms. The Morgan fingerprint density at radius 2 is 0.333 bits per heavy atom. The van der Waals surface area contributed by atoms with Crippen molar-refractivity contribution in [2.45, 2.75) is 193 Å². The van der Waals surface area contributed by atoms with Crippen LogP contribution in [-0.2, 0) is 0 Å². The smallest absolute Gasteiger partial charge is 0.200 e. The average molecular weight is 1830 g/mol. The number of hydrogen-bond acceptors (Lipinski definition) is 9. The van der Waals surface area contributed by atoms with Crippen molar-refractivity contribution in [3.05, 3.63) is 327 Å². The van der Waals surface area contributed by atoms with Crippen LogP contribution in [0.1, 0.15) is 181 Å². The van der Waals surface area contributed by atoms with Gasteiger partial charge in [-0.1, -0.05) is 216 Å². The molecular weight excluding hydrogens is 1710 g/mol. The quantitative estimate of drug-likeness (QED) is 0.0213. The van der Waals surface area contributed by atoms with Crippen LogP contribution < -0.4 is 42.6 Å². The van der Waals surface area contributed by atoms with Gasteiger partial charge in [-0.05, 0) is 200 Å². The normalized spacial score (nSPS) is 10.2. The summed E-state index contributed by atoms with van der Waals surface area (Å²) in [7, 11) is 0. The molecule has 0 N–H and O–H groups in total. The average Bonchev–Trinajstić information content (AvgIpc) is 0.971. The van der Waals surface area contributed by atoms with Gasteiger partial charge in [0, 0.05) is 0 Å². The highest BCUT2D eigenvalue weighted by Crippen LogP contribution is 2.31. The van der Waals surface area contributed by atoms with Gasteiger partial charge in [-0.25, -0.2) is 39.5 Å². The molecule has 0 aromatic heterocycles. The number of aryl methyl sites for hydroxylation is 9. The molecule has 0 fully saturated rings. The molecule has 9 nitrogen and oxygen atoms in total. The Labute approximate surface area is 749 Å². The van der Waals surface area contributed by atoms with Crippen LogP contribution in [0.2, 0.25) is 0 Å². The highest BCUT2D eigenvalue weighted by Gasteiger charge is 2.19. The molecule has 129 heavy (non-hydrogen) atoms. The van der Waals surface area contributed by atoms with E-state index in [0.717, 1.165) is 96.3 Å². The van der Waals surface area contributed by atoms with Gasteiger partial charge in [-0.15, -0.1) is 0 Å². The fourth-order valence-corrected chi connectivity index (χ4v) is 10.2. The maximum atomic E-state index is 13.3. The summed E-state index contributed by atoms with van der Waals surface area (Å²) in [5.74, 6) is -16.1. The lowest BCUT2D eigenvalue weighted by molar-refractivity contribution is 0.285. The Morgan fingerprint density at radius 3 is 0.481 bits per heavy atom. The minimum Gasteiger partial charge on any atom is -0.490 e. The number of rotatable bonds is 38.